The van der Waals surface area contributed by atoms with Gasteiger partial charge < -0.3 is 119 Å². The molecule has 6 rings (SSSR count). The molecule has 71 heavy (non-hydrogen) atoms. The van der Waals surface area contributed by atoms with Crippen molar-refractivity contribution in [3.8, 4) is 0 Å². The van der Waals surface area contributed by atoms with Gasteiger partial charge in [0, 0.05) is 31.7 Å². The van der Waals surface area contributed by atoms with Crippen LogP contribution < -0.4 is 45.5 Å². The van der Waals surface area contributed by atoms with Crippen molar-refractivity contribution in [2.75, 3.05) is 32.8 Å². The smallest absolute Gasteiger partial charge is 0.326 e. The average Bonchev–Trinajstić information content (AvgIpc) is 3.97. The first-order valence-electron chi connectivity index (χ1n) is 24.1. The van der Waals surface area contributed by atoms with E-state index in [9.17, 15) is 60.3 Å². The van der Waals surface area contributed by atoms with Gasteiger partial charge in [-0.15, -0.1) is 0 Å². The number of likely N-dealkylation sites (tertiary alicyclic amines) is 1. The summed E-state index contributed by atoms with van der Waals surface area (Å²) < 4.78 is 34.6. The molecule has 1 saturated carbocycles. The SMILES string of the molecule is NCCCC[C@H](N[C@@H](CCc1ccccc1)C(=O)O)C(=O)N1CCC[C@H]1C(=O)O.NC[C@@H]1O[C@H](O[C@H]2[C@@H](O)[C@H](O[C@@H]3[C@@H](O)[C@H](N)C[C@H](N)[C@H]3O[C@H]3O[C@H](CN)[C@@H](O)[C@H](O)[C@H]3N)O[C@@H]2CO)[C@H](N)[C@@H](O)[C@@H]1O. The molecule has 4 saturated heterocycles. The molecular weight excluding hydrogens is 943 g/mol. The fourth-order valence-corrected chi connectivity index (χ4v) is 9.48. The topological polar surface area (TPSA) is 486 Å². The largest absolute Gasteiger partial charge is 0.480 e. The van der Waals surface area contributed by atoms with Crippen molar-refractivity contribution in [3.05, 3.63) is 35.9 Å². The highest BCUT2D eigenvalue weighted by molar-refractivity contribution is 5.88. The second-order valence-corrected chi connectivity index (χ2v) is 18.7. The van der Waals surface area contributed by atoms with Crippen LogP contribution in [-0.2, 0) is 49.2 Å². The minimum atomic E-state index is -1.60. The van der Waals surface area contributed by atoms with Gasteiger partial charge >= 0.3 is 11.9 Å². The van der Waals surface area contributed by atoms with Crippen LogP contribution in [0.25, 0.3) is 0 Å². The van der Waals surface area contributed by atoms with Gasteiger partial charge in [0.1, 0.15) is 79.2 Å². The predicted octanol–water partition coefficient (Wildman–Crippen LogP) is -7.66. The van der Waals surface area contributed by atoms with Gasteiger partial charge in [-0.2, -0.15) is 0 Å². The lowest BCUT2D eigenvalue weighted by Gasteiger charge is -2.47. The summed E-state index contributed by atoms with van der Waals surface area (Å²) in [7, 11) is 0. The predicted molar refractivity (Wildman–Crippen MR) is 247 cm³/mol. The number of aryl methyl sites for hydroxylation is 1. The van der Waals surface area contributed by atoms with Crippen LogP contribution in [0, 0.1) is 0 Å². The average molecular weight is 1020 g/mol. The van der Waals surface area contributed by atoms with Crippen LogP contribution in [0.3, 0.4) is 0 Å². The summed E-state index contributed by atoms with van der Waals surface area (Å²) >= 11 is 0. The van der Waals surface area contributed by atoms with E-state index in [0.717, 1.165) is 12.0 Å². The number of aliphatic carboxylic acids is 2. The van der Waals surface area contributed by atoms with E-state index in [1.165, 1.54) is 4.90 Å². The Hall–Kier alpha value is -3.21. The summed E-state index contributed by atoms with van der Waals surface area (Å²) in [5.74, 6) is -2.37. The zero-order chi connectivity index (χ0) is 52.3. The molecule has 0 unspecified atom stereocenters. The Balaban J connectivity index is 0.000000283. The van der Waals surface area contributed by atoms with Crippen molar-refractivity contribution in [1.29, 1.82) is 0 Å². The van der Waals surface area contributed by atoms with Gasteiger partial charge in [0.05, 0.1) is 30.8 Å². The second kappa shape index (κ2) is 27.4. The van der Waals surface area contributed by atoms with E-state index in [2.05, 4.69) is 5.32 Å². The van der Waals surface area contributed by atoms with Crippen LogP contribution in [0.15, 0.2) is 30.3 Å². The van der Waals surface area contributed by atoms with Crippen molar-refractivity contribution in [2.45, 2.75) is 186 Å². The number of hydrogen-bond donors (Lipinski definition) is 17. The molecule has 4 heterocycles. The number of carboxylic acid groups (broad SMARTS) is 2. The molecule has 22 atom stereocenters. The maximum atomic E-state index is 13.1. The van der Waals surface area contributed by atoms with Crippen molar-refractivity contribution < 1.29 is 88.8 Å². The molecule has 0 radical (unpaired) electrons. The molecule has 5 aliphatic rings. The fourth-order valence-electron chi connectivity index (χ4n) is 9.48. The highest BCUT2D eigenvalue weighted by Gasteiger charge is 2.54. The number of aliphatic hydroxyl groups excluding tert-OH is 7. The number of unbranched alkanes of at least 4 members (excludes halogenated alkanes) is 1. The monoisotopic (exact) mass is 1020 g/mol. The normalized spacial score (nSPS) is 39.3. The van der Waals surface area contributed by atoms with Gasteiger partial charge in [0.25, 0.3) is 0 Å². The van der Waals surface area contributed by atoms with Crippen molar-refractivity contribution in [2.24, 2.45) is 40.1 Å². The number of carbonyl (C=O) groups excluding carboxylic acids is 1. The van der Waals surface area contributed by atoms with Crippen LogP contribution in [0.1, 0.15) is 50.5 Å². The molecule has 1 aromatic carbocycles. The van der Waals surface area contributed by atoms with Crippen LogP contribution in [0.2, 0.25) is 0 Å². The Kier molecular flexibility index (Phi) is 22.6. The number of benzene rings is 1. The zero-order valence-corrected chi connectivity index (χ0v) is 39.5. The maximum Gasteiger partial charge on any atom is 0.326 e. The first kappa shape index (κ1) is 58.7. The standard InChI is InChI=1S/C23H46N6O13.C21H31N3O5/c24-2-7-13(32)15(34)10(28)21(37-7)40-18-6(27)1-5(26)12(31)20(18)42-23-17(36)19(9(4-30)39-23)41-22-11(29)16(35)14(33)8(3-25)38-22;22-13-5-4-9-16(19(25)24-14-6-10-18(24)21(28)29)23-17(20(26)27)12-11-15-7-2-1-3-8-15/h5-23,30-36H,1-4,24-29H2;1-3,7-8,16-18,23H,4-6,9-14,22H2,(H,26,27)(H,28,29)/t5-,6+,7-,8+,9-,10-,11-,12+,13-,14-,15-,16-,17-,18-,19-,20-,21-,22-,23+;16-,17-,18-/m10/s1. The molecule has 1 aromatic rings. The molecular formula is C44H77N9O18. The highest BCUT2D eigenvalue weighted by Crippen LogP contribution is 2.34. The molecule has 0 spiro atoms. The number of nitrogens with one attached hydrogen (secondary N) is 1. The Morgan fingerprint density at radius 3 is 1.77 bits per heavy atom. The van der Waals surface area contributed by atoms with E-state index in [0.29, 0.717) is 51.6 Å². The van der Waals surface area contributed by atoms with E-state index < -0.39 is 153 Å². The number of aliphatic hydroxyl groups is 7. The van der Waals surface area contributed by atoms with Gasteiger partial charge in [-0.3, -0.25) is 14.9 Å². The Labute approximate surface area is 410 Å². The van der Waals surface area contributed by atoms with Gasteiger partial charge in [0.2, 0.25) is 5.91 Å². The number of amides is 1. The number of rotatable bonds is 21. The summed E-state index contributed by atoms with van der Waals surface area (Å²) in [6.45, 7) is -0.100. The lowest BCUT2D eigenvalue weighted by Crippen LogP contribution is -2.68. The molecule has 0 bridgehead atoms. The van der Waals surface area contributed by atoms with E-state index in [-0.39, 0.29) is 25.4 Å². The lowest BCUT2D eigenvalue weighted by molar-refractivity contribution is -0.306. The molecule has 1 amide bonds. The fraction of sp³-hybridized carbons (Fsp3) is 0.795. The molecule has 27 heteroatoms. The Morgan fingerprint density at radius 1 is 0.676 bits per heavy atom. The molecule has 4 aliphatic heterocycles. The third kappa shape index (κ3) is 14.6. The van der Waals surface area contributed by atoms with Crippen molar-refractivity contribution in [1.82, 2.24) is 10.2 Å². The Bertz CT molecular complexity index is 1800. The van der Waals surface area contributed by atoms with E-state index in [4.69, 9.17) is 68.6 Å². The van der Waals surface area contributed by atoms with Gasteiger partial charge in [-0.25, -0.2) is 4.79 Å². The summed E-state index contributed by atoms with van der Waals surface area (Å²) in [6, 6.07) is 2.91. The molecule has 5 fully saturated rings. The molecule has 27 nitrogen and oxygen atoms in total. The van der Waals surface area contributed by atoms with E-state index in [1.807, 2.05) is 30.3 Å². The minimum Gasteiger partial charge on any atom is -0.480 e. The van der Waals surface area contributed by atoms with Crippen LogP contribution in [0.5, 0.6) is 0 Å². The number of ether oxygens (including phenoxy) is 6. The zero-order valence-electron chi connectivity index (χ0n) is 39.5. The van der Waals surface area contributed by atoms with Gasteiger partial charge in [0.15, 0.2) is 18.9 Å². The third-order valence-electron chi connectivity index (χ3n) is 13.7. The number of nitrogens with two attached hydrogens (primary N) is 7. The molecule has 406 valence electrons. The lowest BCUT2D eigenvalue weighted by atomic mass is 9.84. The summed E-state index contributed by atoms with van der Waals surface area (Å²) in [6.07, 6.45) is -16.0. The minimum absolute atomic E-state index is 0.0889. The summed E-state index contributed by atoms with van der Waals surface area (Å²) in [4.78, 5) is 37.7. The van der Waals surface area contributed by atoms with Crippen LogP contribution in [0.4, 0.5) is 0 Å². The number of carboxylic acids is 2. The van der Waals surface area contributed by atoms with E-state index >= 15 is 0 Å². The second-order valence-electron chi connectivity index (χ2n) is 18.7. The highest BCUT2D eigenvalue weighted by atomic mass is 16.8. The maximum absolute atomic E-state index is 13.1. The summed E-state index contributed by atoms with van der Waals surface area (Å²) in [5, 5.41) is 95.0. The van der Waals surface area contributed by atoms with Gasteiger partial charge in [-0.1, -0.05) is 36.8 Å². The third-order valence-corrected chi connectivity index (χ3v) is 13.7. The number of nitrogens with zero attached hydrogens (tertiary/aromatic N) is 1. The quantitative estimate of drug-likeness (QED) is 0.0509. The Morgan fingerprint density at radius 2 is 1.24 bits per heavy atom. The first-order chi connectivity index (χ1) is 33.8. The van der Waals surface area contributed by atoms with Gasteiger partial charge in [-0.05, 0) is 57.1 Å². The molecule has 1 aliphatic carbocycles. The van der Waals surface area contributed by atoms with E-state index in [1.54, 1.807) is 0 Å². The van der Waals surface area contributed by atoms with Crippen molar-refractivity contribution >= 4 is 17.8 Å². The summed E-state index contributed by atoms with van der Waals surface area (Å²) in [5.41, 5.74) is 42.2. The van der Waals surface area contributed by atoms with Crippen molar-refractivity contribution in [3.63, 3.8) is 0 Å². The van der Waals surface area contributed by atoms with Crippen LogP contribution >= 0.6 is 0 Å². The molecule has 0 aromatic heterocycles. The van der Waals surface area contributed by atoms with Crippen LogP contribution in [-0.4, -0.2) is 236 Å². The molecule has 24 N–H and O–H groups in total. The number of hydrogen-bond acceptors (Lipinski definition) is 24. The number of carbonyl (C=O) groups is 3. The first-order valence-corrected chi connectivity index (χ1v) is 24.1.